The third kappa shape index (κ3) is 1.38. The normalized spacial score (nSPS) is 15.0. The summed E-state index contributed by atoms with van der Waals surface area (Å²) in [6.45, 7) is 3.64. The number of hydrogen-bond donors (Lipinski definition) is 0. The molecule has 1 aromatic carbocycles. The van der Waals surface area contributed by atoms with Crippen LogP contribution in [0.3, 0.4) is 0 Å². The highest BCUT2D eigenvalue weighted by atomic mass is 14.3. The van der Waals surface area contributed by atoms with Crippen LogP contribution in [0.25, 0.3) is 0 Å². The van der Waals surface area contributed by atoms with Crippen LogP contribution in [-0.2, 0) is 0 Å². The Balaban J connectivity index is 2.55. The highest BCUT2D eigenvalue weighted by Crippen LogP contribution is 2.42. The molecular formula is C13H11. The molecule has 0 saturated heterocycles. The summed E-state index contributed by atoms with van der Waals surface area (Å²) >= 11 is 0. The lowest BCUT2D eigenvalue weighted by molar-refractivity contribution is 1.12. The first-order valence-electron chi connectivity index (χ1n) is 4.49. The standard InChI is InChI=1S/C13H11/c1-3-10-6-5-7-13(11-8-9-11)12(10)4-2/h2,5-7,11H,1,8-9H2. The van der Waals surface area contributed by atoms with Crippen LogP contribution in [-0.4, -0.2) is 0 Å². The van der Waals surface area contributed by atoms with Gasteiger partial charge in [0.2, 0.25) is 0 Å². The SMILES string of the molecule is C#Cc1c([C]=C)cccc1C1CC1. The van der Waals surface area contributed by atoms with Gasteiger partial charge in [-0.25, -0.2) is 0 Å². The Bertz CT molecular complexity index is 376. The van der Waals surface area contributed by atoms with E-state index < -0.39 is 0 Å². The van der Waals surface area contributed by atoms with Crippen LogP contribution in [0.5, 0.6) is 0 Å². The Hall–Kier alpha value is -1.48. The van der Waals surface area contributed by atoms with Crippen molar-refractivity contribution in [1.29, 1.82) is 0 Å². The summed E-state index contributed by atoms with van der Waals surface area (Å²) < 4.78 is 0. The van der Waals surface area contributed by atoms with E-state index in [1.165, 1.54) is 18.4 Å². The van der Waals surface area contributed by atoms with Gasteiger partial charge in [0.25, 0.3) is 0 Å². The van der Waals surface area contributed by atoms with Crippen LogP contribution in [0.1, 0.15) is 35.4 Å². The number of terminal acetylenes is 1. The molecule has 0 atom stereocenters. The van der Waals surface area contributed by atoms with Crippen molar-refractivity contribution in [1.82, 2.24) is 0 Å². The summed E-state index contributed by atoms with van der Waals surface area (Å²) in [5.74, 6) is 3.43. The Morgan fingerprint density at radius 3 is 2.69 bits per heavy atom. The molecule has 2 rings (SSSR count). The van der Waals surface area contributed by atoms with Crippen molar-refractivity contribution in [3.63, 3.8) is 0 Å². The van der Waals surface area contributed by atoms with Gasteiger partial charge >= 0.3 is 0 Å². The summed E-state index contributed by atoms with van der Waals surface area (Å²) in [5, 5.41) is 0. The zero-order valence-electron chi connectivity index (χ0n) is 7.51. The minimum atomic E-state index is 0.694. The fourth-order valence-electron chi connectivity index (χ4n) is 1.61. The predicted molar refractivity (Wildman–Crippen MR) is 54.3 cm³/mol. The number of rotatable bonds is 2. The predicted octanol–water partition coefficient (Wildman–Crippen LogP) is 2.88. The molecule has 0 heterocycles. The fraction of sp³-hybridized carbons (Fsp3) is 0.231. The number of hydrogen-bond acceptors (Lipinski definition) is 0. The van der Waals surface area contributed by atoms with Gasteiger partial charge in [0.15, 0.2) is 0 Å². The molecule has 0 heteroatoms. The van der Waals surface area contributed by atoms with E-state index in [1.54, 1.807) is 0 Å². The zero-order chi connectivity index (χ0) is 9.26. The van der Waals surface area contributed by atoms with Crippen LogP contribution >= 0.6 is 0 Å². The monoisotopic (exact) mass is 167 g/mol. The Labute approximate surface area is 79.3 Å². The lowest BCUT2D eigenvalue weighted by Crippen LogP contribution is -1.90. The summed E-state index contributed by atoms with van der Waals surface area (Å²) in [5.41, 5.74) is 3.25. The molecular weight excluding hydrogens is 156 g/mol. The second-order valence-electron chi connectivity index (χ2n) is 3.37. The van der Waals surface area contributed by atoms with Crippen molar-refractivity contribution in [3.05, 3.63) is 47.5 Å². The molecule has 0 bridgehead atoms. The summed E-state index contributed by atoms with van der Waals surface area (Å²) in [6, 6.07) is 6.11. The van der Waals surface area contributed by atoms with Gasteiger partial charge in [-0.15, -0.1) is 6.42 Å². The van der Waals surface area contributed by atoms with Crippen LogP contribution in [0.15, 0.2) is 24.8 Å². The van der Waals surface area contributed by atoms with E-state index in [1.807, 2.05) is 12.1 Å². The van der Waals surface area contributed by atoms with Gasteiger partial charge in [0, 0.05) is 5.56 Å². The molecule has 1 aliphatic rings. The van der Waals surface area contributed by atoms with Crippen LogP contribution in [0.4, 0.5) is 0 Å². The molecule has 0 N–H and O–H groups in total. The van der Waals surface area contributed by atoms with E-state index in [4.69, 9.17) is 6.42 Å². The van der Waals surface area contributed by atoms with Crippen molar-refractivity contribution >= 4 is 0 Å². The van der Waals surface area contributed by atoms with Crippen LogP contribution < -0.4 is 0 Å². The van der Waals surface area contributed by atoms with E-state index in [-0.39, 0.29) is 0 Å². The molecule has 1 radical (unpaired) electrons. The second kappa shape index (κ2) is 3.11. The van der Waals surface area contributed by atoms with E-state index in [2.05, 4.69) is 24.6 Å². The third-order valence-corrected chi connectivity index (χ3v) is 2.45. The van der Waals surface area contributed by atoms with Crippen molar-refractivity contribution in [2.24, 2.45) is 0 Å². The minimum Gasteiger partial charge on any atom is -0.115 e. The van der Waals surface area contributed by atoms with Gasteiger partial charge in [-0.05, 0) is 36.0 Å². The summed E-state index contributed by atoms with van der Waals surface area (Å²) in [6.07, 6.45) is 10.9. The van der Waals surface area contributed by atoms with E-state index in [0.29, 0.717) is 5.92 Å². The Morgan fingerprint density at radius 2 is 2.15 bits per heavy atom. The maximum Gasteiger partial charge on any atom is 0.0355 e. The maximum absolute atomic E-state index is 5.47. The van der Waals surface area contributed by atoms with Crippen LogP contribution in [0.2, 0.25) is 0 Å². The fourth-order valence-corrected chi connectivity index (χ4v) is 1.61. The van der Waals surface area contributed by atoms with Crippen LogP contribution in [0, 0.1) is 18.4 Å². The maximum atomic E-state index is 5.47. The lowest BCUT2D eigenvalue weighted by Gasteiger charge is -2.05. The van der Waals surface area contributed by atoms with Gasteiger partial charge in [0.1, 0.15) is 0 Å². The molecule has 1 aromatic rings. The Kier molecular flexibility index (Phi) is 1.94. The molecule has 0 nitrogen and oxygen atoms in total. The first-order valence-corrected chi connectivity index (χ1v) is 4.49. The average molecular weight is 167 g/mol. The van der Waals surface area contributed by atoms with Crippen molar-refractivity contribution in [3.8, 4) is 12.3 Å². The van der Waals surface area contributed by atoms with E-state index in [0.717, 1.165) is 11.1 Å². The summed E-state index contributed by atoms with van der Waals surface area (Å²) in [7, 11) is 0. The molecule has 0 unspecified atom stereocenters. The van der Waals surface area contributed by atoms with E-state index >= 15 is 0 Å². The zero-order valence-corrected chi connectivity index (χ0v) is 7.51. The third-order valence-electron chi connectivity index (χ3n) is 2.45. The molecule has 0 aromatic heterocycles. The highest BCUT2D eigenvalue weighted by molar-refractivity contribution is 5.51. The van der Waals surface area contributed by atoms with Crippen molar-refractivity contribution < 1.29 is 0 Å². The van der Waals surface area contributed by atoms with Crippen molar-refractivity contribution in [2.45, 2.75) is 18.8 Å². The van der Waals surface area contributed by atoms with Gasteiger partial charge in [-0.3, -0.25) is 0 Å². The number of benzene rings is 1. The highest BCUT2D eigenvalue weighted by Gasteiger charge is 2.25. The quantitative estimate of drug-likeness (QED) is 0.594. The first kappa shape index (κ1) is 8.13. The largest absolute Gasteiger partial charge is 0.115 e. The average Bonchev–Trinajstić information content (AvgIpc) is 2.99. The molecule has 0 amide bonds. The van der Waals surface area contributed by atoms with Gasteiger partial charge in [0.05, 0.1) is 0 Å². The smallest absolute Gasteiger partial charge is 0.0355 e. The first-order chi connectivity index (χ1) is 6.36. The topological polar surface area (TPSA) is 0 Å². The molecule has 13 heavy (non-hydrogen) atoms. The minimum absolute atomic E-state index is 0.694. The van der Waals surface area contributed by atoms with Crippen molar-refractivity contribution in [2.75, 3.05) is 0 Å². The molecule has 0 spiro atoms. The lowest BCUT2D eigenvalue weighted by atomic mass is 9.98. The van der Waals surface area contributed by atoms with Gasteiger partial charge in [-0.1, -0.05) is 30.7 Å². The molecule has 1 fully saturated rings. The van der Waals surface area contributed by atoms with E-state index in [9.17, 15) is 0 Å². The molecule has 1 saturated carbocycles. The summed E-state index contributed by atoms with van der Waals surface area (Å²) in [4.78, 5) is 0. The second-order valence-corrected chi connectivity index (χ2v) is 3.37. The Morgan fingerprint density at radius 1 is 1.38 bits per heavy atom. The molecule has 1 aliphatic carbocycles. The van der Waals surface area contributed by atoms with Gasteiger partial charge < -0.3 is 0 Å². The van der Waals surface area contributed by atoms with Gasteiger partial charge in [-0.2, -0.15) is 0 Å². The molecule has 0 aliphatic heterocycles. The molecule has 63 valence electrons.